The Balaban J connectivity index is 2.65. The van der Waals surface area contributed by atoms with E-state index < -0.39 is 18.6 Å². The first-order chi connectivity index (χ1) is 4.77. The molecule has 5 heteroatoms. The fraction of sp³-hybridized carbons (Fsp3) is 0.400. The summed E-state index contributed by atoms with van der Waals surface area (Å²) in [6.45, 7) is 6.36. The molecule has 0 radical (unpaired) electrons. The van der Waals surface area contributed by atoms with E-state index >= 15 is 0 Å². The van der Waals surface area contributed by atoms with Gasteiger partial charge < -0.3 is 9.47 Å². The van der Waals surface area contributed by atoms with Crippen LogP contribution >= 0.6 is 0 Å². The van der Waals surface area contributed by atoms with Crippen LogP contribution in [0.15, 0.2) is 9.98 Å². The summed E-state index contributed by atoms with van der Waals surface area (Å²) < 4.78 is 8.98. The molecule has 5 nitrogen and oxygen atoms in total. The van der Waals surface area contributed by atoms with Crippen molar-refractivity contribution in [2.45, 2.75) is 12.5 Å². The molecule has 1 aliphatic heterocycles. The van der Waals surface area contributed by atoms with Crippen molar-refractivity contribution in [1.29, 1.82) is 0 Å². The van der Waals surface area contributed by atoms with Gasteiger partial charge in [-0.25, -0.2) is 4.79 Å². The monoisotopic (exact) mass is 142 g/mol. The molecule has 2 atom stereocenters. The fourth-order valence-corrected chi connectivity index (χ4v) is 0.596. The van der Waals surface area contributed by atoms with Crippen LogP contribution < -0.4 is 0 Å². The highest BCUT2D eigenvalue weighted by atomic mass is 16.8. The Bertz CT molecular complexity index is 162. The Labute approximate surface area is 57.4 Å². The summed E-state index contributed by atoms with van der Waals surface area (Å²) in [4.78, 5) is 17.2. The molecule has 0 amide bonds. The van der Waals surface area contributed by atoms with Crippen molar-refractivity contribution < 1.29 is 14.3 Å². The minimum Gasteiger partial charge on any atom is -0.402 e. The second-order valence-electron chi connectivity index (χ2n) is 1.63. The Morgan fingerprint density at radius 1 is 1.20 bits per heavy atom. The first kappa shape index (κ1) is 6.73. The second kappa shape index (κ2) is 2.47. The molecule has 0 aromatic carbocycles. The lowest BCUT2D eigenvalue weighted by Gasteiger charge is -2.02. The lowest BCUT2D eigenvalue weighted by Crippen LogP contribution is -2.16. The highest BCUT2D eigenvalue weighted by Crippen LogP contribution is 2.15. The molecule has 54 valence electrons. The molecule has 0 aromatic heterocycles. The van der Waals surface area contributed by atoms with Gasteiger partial charge in [-0.1, -0.05) is 0 Å². The van der Waals surface area contributed by atoms with E-state index in [1.807, 2.05) is 0 Å². The first-order valence-corrected chi connectivity index (χ1v) is 2.57. The molecule has 10 heavy (non-hydrogen) atoms. The summed E-state index contributed by atoms with van der Waals surface area (Å²) in [5, 5.41) is 0. The van der Waals surface area contributed by atoms with E-state index in [2.05, 4.69) is 32.9 Å². The molecule has 1 saturated heterocycles. The van der Waals surface area contributed by atoms with Crippen LogP contribution in [0, 0.1) is 0 Å². The topological polar surface area (TPSA) is 60.2 Å². The lowest BCUT2D eigenvalue weighted by atomic mass is 10.5. The largest absolute Gasteiger partial charge is 0.512 e. The Morgan fingerprint density at radius 3 is 1.90 bits per heavy atom. The quantitative estimate of drug-likeness (QED) is 0.409. The Kier molecular flexibility index (Phi) is 1.66. The zero-order chi connectivity index (χ0) is 7.56. The summed E-state index contributed by atoms with van der Waals surface area (Å²) in [6.07, 6.45) is -2.25. The first-order valence-electron chi connectivity index (χ1n) is 2.57. The number of hydrogen-bond donors (Lipinski definition) is 0. The third kappa shape index (κ3) is 0.975. The van der Waals surface area contributed by atoms with E-state index in [-0.39, 0.29) is 0 Å². The van der Waals surface area contributed by atoms with E-state index in [4.69, 9.17) is 0 Å². The molecule has 1 heterocycles. The zero-order valence-electron chi connectivity index (χ0n) is 5.19. The van der Waals surface area contributed by atoms with E-state index in [9.17, 15) is 4.79 Å². The average molecular weight is 142 g/mol. The summed E-state index contributed by atoms with van der Waals surface area (Å²) in [5.41, 5.74) is 0. The van der Waals surface area contributed by atoms with Crippen LogP contribution in [-0.2, 0) is 9.47 Å². The van der Waals surface area contributed by atoms with Crippen LogP contribution in [0.25, 0.3) is 0 Å². The van der Waals surface area contributed by atoms with Crippen LogP contribution in [0.4, 0.5) is 4.79 Å². The number of cyclic esters (lactones) is 2. The second-order valence-corrected chi connectivity index (χ2v) is 1.63. The number of carbonyl (C=O) groups is 1. The van der Waals surface area contributed by atoms with Crippen LogP contribution in [-0.4, -0.2) is 32.0 Å². The molecule has 1 fully saturated rings. The van der Waals surface area contributed by atoms with Crippen molar-refractivity contribution in [2.24, 2.45) is 9.98 Å². The zero-order valence-corrected chi connectivity index (χ0v) is 5.19. The smallest absolute Gasteiger partial charge is 0.402 e. The van der Waals surface area contributed by atoms with E-state index in [0.29, 0.717) is 0 Å². The highest BCUT2D eigenvalue weighted by Gasteiger charge is 2.34. The van der Waals surface area contributed by atoms with Crippen LogP contribution in [0.2, 0.25) is 0 Å². The molecule has 1 rings (SSSR count). The van der Waals surface area contributed by atoms with Gasteiger partial charge in [0.2, 0.25) is 0 Å². The predicted molar refractivity (Wildman–Crippen MR) is 34.2 cm³/mol. The Morgan fingerprint density at radius 2 is 1.60 bits per heavy atom. The SMILES string of the molecule is C=NC1OC(=O)OC1N=C. The van der Waals surface area contributed by atoms with Gasteiger partial charge in [-0.15, -0.1) is 0 Å². The van der Waals surface area contributed by atoms with Gasteiger partial charge in [0.15, 0.2) is 0 Å². The van der Waals surface area contributed by atoms with Gasteiger partial charge in [0.05, 0.1) is 0 Å². The van der Waals surface area contributed by atoms with Gasteiger partial charge in [-0.2, -0.15) is 0 Å². The van der Waals surface area contributed by atoms with Crippen molar-refractivity contribution in [3.63, 3.8) is 0 Å². The van der Waals surface area contributed by atoms with Gasteiger partial charge in [0.1, 0.15) is 0 Å². The summed E-state index contributed by atoms with van der Waals surface area (Å²) >= 11 is 0. The number of aliphatic imine (C=N–C) groups is 2. The number of rotatable bonds is 2. The molecule has 1 aliphatic rings. The van der Waals surface area contributed by atoms with Gasteiger partial charge in [-0.3, -0.25) is 9.98 Å². The summed E-state index contributed by atoms with van der Waals surface area (Å²) in [7, 11) is 0. The molecule has 0 aliphatic carbocycles. The van der Waals surface area contributed by atoms with Crippen molar-refractivity contribution in [1.82, 2.24) is 0 Å². The van der Waals surface area contributed by atoms with Crippen molar-refractivity contribution in [3.05, 3.63) is 0 Å². The number of ether oxygens (including phenoxy) is 2. The van der Waals surface area contributed by atoms with Crippen LogP contribution in [0.1, 0.15) is 0 Å². The molecule has 0 spiro atoms. The lowest BCUT2D eigenvalue weighted by molar-refractivity contribution is 0.117. The van der Waals surface area contributed by atoms with Crippen molar-refractivity contribution in [2.75, 3.05) is 0 Å². The predicted octanol–water partition coefficient (Wildman–Crippen LogP) is 0.207. The molecular formula is C5H6N2O3. The van der Waals surface area contributed by atoms with E-state index in [1.165, 1.54) is 0 Å². The molecule has 0 bridgehead atoms. The van der Waals surface area contributed by atoms with Gasteiger partial charge >= 0.3 is 6.16 Å². The van der Waals surface area contributed by atoms with Crippen molar-refractivity contribution in [3.8, 4) is 0 Å². The van der Waals surface area contributed by atoms with Crippen molar-refractivity contribution >= 4 is 19.6 Å². The molecule has 2 unspecified atom stereocenters. The average Bonchev–Trinajstić information content (AvgIpc) is 2.30. The van der Waals surface area contributed by atoms with Crippen LogP contribution in [0.3, 0.4) is 0 Å². The third-order valence-corrected chi connectivity index (χ3v) is 1.04. The number of carbonyl (C=O) groups excluding carboxylic acids is 1. The van der Waals surface area contributed by atoms with Gasteiger partial charge in [-0.05, 0) is 13.4 Å². The molecular weight excluding hydrogens is 136 g/mol. The van der Waals surface area contributed by atoms with Gasteiger partial charge in [0, 0.05) is 0 Å². The maximum Gasteiger partial charge on any atom is 0.512 e. The molecule has 0 aromatic rings. The number of nitrogens with zero attached hydrogens (tertiary/aromatic N) is 2. The minimum absolute atomic E-state index is 0.731. The Hall–Kier alpha value is -1.39. The highest BCUT2D eigenvalue weighted by molar-refractivity contribution is 5.62. The number of hydrogen-bond acceptors (Lipinski definition) is 5. The fourth-order valence-electron chi connectivity index (χ4n) is 0.596. The molecule has 0 saturated carbocycles. The summed E-state index contributed by atoms with van der Waals surface area (Å²) in [6, 6.07) is 0. The third-order valence-electron chi connectivity index (χ3n) is 1.04. The van der Waals surface area contributed by atoms with E-state index in [1.54, 1.807) is 0 Å². The van der Waals surface area contributed by atoms with E-state index in [0.717, 1.165) is 0 Å². The normalized spacial score (nSPS) is 30.6. The van der Waals surface area contributed by atoms with Gasteiger partial charge in [0.25, 0.3) is 12.5 Å². The summed E-state index contributed by atoms with van der Waals surface area (Å²) in [5.74, 6) is 0. The maximum atomic E-state index is 10.4. The molecule has 0 N–H and O–H groups in total. The minimum atomic E-state index is -0.783. The van der Waals surface area contributed by atoms with Crippen LogP contribution in [0.5, 0.6) is 0 Å². The maximum absolute atomic E-state index is 10.4. The standard InChI is InChI=1S/C5H6N2O3/c1-6-3-4(7-2)10-5(8)9-3/h3-4H,1-2H2.